The molecule has 0 saturated carbocycles. The summed E-state index contributed by atoms with van der Waals surface area (Å²) < 4.78 is 0. The Labute approximate surface area is 115 Å². The molecular weight excluding hydrogens is 240 g/mol. The SMILES string of the molecule is CCCNc1ncnc(NCC(CC)CCO)c1C. The van der Waals surface area contributed by atoms with Crippen LogP contribution in [0, 0.1) is 12.8 Å². The molecule has 1 rings (SSSR count). The molecule has 1 atom stereocenters. The van der Waals surface area contributed by atoms with Gasteiger partial charge in [0.2, 0.25) is 0 Å². The number of aromatic nitrogens is 2. The monoisotopic (exact) mass is 266 g/mol. The summed E-state index contributed by atoms with van der Waals surface area (Å²) >= 11 is 0. The number of nitrogens with zero attached hydrogens (tertiary/aromatic N) is 2. The summed E-state index contributed by atoms with van der Waals surface area (Å²) in [6.07, 6.45) is 4.54. The number of hydrogen-bond acceptors (Lipinski definition) is 5. The molecule has 0 radical (unpaired) electrons. The third kappa shape index (κ3) is 5.03. The molecule has 5 nitrogen and oxygen atoms in total. The third-order valence-electron chi connectivity index (χ3n) is 3.30. The van der Waals surface area contributed by atoms with Gasteiger partial charge >= 0.3 is 0 Å². The fourth-order valence-electron chi connectivity index (χ4n) is 1.92. The van der Waals surface area contributed by atoms with E-state index in [9.17, 15) is 0 Å². The highest BCUT2D eigenvalue weighted by atomic mass is 16.3. The first kappa shape index (κ1) is 15.7. The molecule has 0 amide bonds. The lowest BCUT2D eigenvalue weighted by Gasteiger charge is -2.17. The molecule has 5 heteroatoms. The van der Waals surface area contributed by atoms with E-state index in [0.717, 1.165) is 49.6 Å². The van der Waals surface area contributed by atoms with Gasteiger partial charge in [0, 0.05) is 25.3 Å². The molecule has 19 heavy (non-hydrogen) atoms. The summed E-state index contributed by atoms with van der Waals surface area (Å²) in [7, 11) is 0. The van der Waals surface area contributed by atoms with Crippen LogP contribution in [0.15, 0.2) is 6.33 Å². The van der Waals surface area contributed by atoms with E-state index in [1.807, 2.05) is 6.92 Å². The second kappa shape index (κ2) is 8.69. The number of rotatable bonds is 9. The maximum Gasteiger partial charge on any atom is 0.134 e. The molecule has 108 valence electrons. The first-order valence-electron chi connectivity index (χ1n) is 7.13. The minimum Gasteiger partial charge on any atom is -0.396 e. The van der Waals surface area contributed by atoms with Gasteiger partial charge < -0.3 is 15.7 Å². The highest BCUT2D eigenvalue weighted by molar-refractivity contribution is 5.56. The normalized spacial score (nSPS) is 12.2. The van der Waals surface area contributed by atoms with Crippen LogP contribution >= 0.6 is 0 Å². The summed E-state index contributed by atoms with van der Waals surface area (Å²) in [5, 5.41) is 15.7. The van der Waals surface area contributed by atoms with Crippen molar-refractivity contribution in [2.24, 2.45) is 5.92 Å². The Morgan fingerprint density at radius 1 is 1.21 bits per heavy atom. The Hall–Kier alpha value is -1.36. The van der Waals surface area contributed by atoms with Crippen LogP contribution in [-0.4, -0.2) is 34.8 Å². The zero-order valence-electron chi connectivity index (χ0n) is 12.2. The smallest absolute Gasteiger partial charge is 0.134 e. The van der Waals surface area contributed by atoms with Crippen molar-refractivity contribution in [2.75, 3.05) is 30.3 Å². The minimum atomic E-state index is 0.242. The summed E-state index contributed by atoms with van der Waals surface area (Å²) in [6.45, 7) is 8.29. The zero-order chi connectivity index (χ0) is 14.1. The molecule has 0 aliphatic rings. The molecule has 0 spiro atoms. The van der Waals surface area contributed by atoms with Crippen molar-refractivity contribution in [2.45, 2.75) is 40.0 Å². The summed E-state index contributed by atoms with van der Waals surface area (Å²) in [5.41, 5.74) is 1.05. The third-order valence-corrected chi connectivity index (χ3v) is 3.30. The number of hydrogen-bond donors (Lipinski definition) is 3. The van der Waals surface area contributed by atoms with Crippen LogP contribution in [0.5, 0.6) is 0 Å². The van der Waals surface area contributed by atoms with Crippen molar-refractivity contribution in [1.82, 2.24) is 9.97 Å². The zero-order valence-corrected chi connectivity index (χ0v) is 12.2. The molecule has 0 saturated heterocycles. The van der Waals surface area contributed by atoms with Crippen molar-refractivity contribution < 1.29 is 5.11 Å². The molecule has 0 aliphatic carbocycles. The van der Waals surface area contributed by atoms with Gasteiger partial charge in [-0.15, -0.1) is 0 Å². The molecule has 1 aromatic heterocycles. The van der Waals surface area contributed by atoms with E-state index in [2.05, 4.69) is 34.4 Å². The topological polar surface area (TPSA) is 70.1 Å². The van der Waals surface area contributed by atoms with Crippen LogP contribution in [0.3, 0.4) is 0 Å². The Morgan fingerprint density at radius 2 is 1.89 bits per heavy atom. The number of aliphatic hydroxyl groups excluding tert-OH is 1. The van der Waals surface area contributed by atoms with E-state index >= 15 is 0 Å². The van der Waals surface area contributed by atoms with Gasteiger partial charge in [-0.2, -0.15) is 0 Å². The van der Waals surface area contributed by atoms with E-state index in [4.69, 9.17) is 5.11 Å². The lowest BCUT2D eigenvalue weighted by Crippen LogP contribution is -2.17. The molecule has 0 bridgehead atoms. The first-order chi connectivity index (χ1) is 9.22. The van der Waals surface area contributed by atoms with Crippen molar-refractivity contribution in [3.8, 4) is 0 Å². The van der Waals surface area contributed by atoms with Crippen LogP contribution in [-0.2, 0) is 0 Å². The predicted molar refractivity (Wildman–Crippen MR) is 79.5 cm³/mol. The Balaban J connectivity index is 2.62. The van der Waals surface area contributed by atoms with Crippen LogP contribution in [0.2, 0.25) is 0 Å². The fraction of sp³-hybridized carbons (Fsp3) is 0.714. The Bertz CT molecular complexity index is 370. The quantitative estimate of drug-likeness (QED) is 0.640. The molecule has 0 aliphatic heterocycles. The molecule has 0 aromatic carbocycles. The lowest BCUT2D eigenvalue weighted by atomic mass is 10.0. The van der Waals surface area contributed by atoms with Gasteiger partial charge in [-0.05, 0) is 25.7 Å². The Morgan fingerprint density at radius 3 is 2.47 bits per heavy atom. The maximum absolute atomic E-state index is 9.00. The van der Waals surface area contributed by atoms with Gasteiger partial charge in [0.25, 0.3) is 0 Å². The van der Waals surface area contributed by atoms with Gasteiger partial charge in [-0.1, -0.05) is 20.3 Å². The van der Waals surface area contributed by atoms with Crippen molar-refractivity contribution in [3.05, 3.63) is 11.9 Å². The van der Waals surface area contributed by atoms with Gasteiger partial charge in [0.05, 0.1) is 0 Å². The van der Waals surface area contributed by atoms with Crippen LogP contribution in [0.1, 0.15) is 38.7 Å². The Kier molecular flexibility index (Phi) is 7.18. The molecular formula is C14H26N4O. The van der Waals surface area contributed by atoms with Gasteiger partial charge in [0.15, 0.2) is 0 Å². The fourth-order valence-corrected chi connectivity index (χ4v) is 1.92. The van der Waals surface area contributed by atoms with Crippen LogP contribution in [0.4, 0.5) is 11.6 Å². The summed E-state index contributed by atoms with van der Waals surface area (Å²) in [4.78, 5) is 8.55. The second-order valence-corrected chi connectivity index (χ2v) is 4.79. The van der Waals surface area contributed by atoms with Crippen molar-refractivity contribution >= 4 is 11.6 Å². The molecule has 0 fully saturated rings. The molecule has 1 aromatic rings. The van der Waals surface area contributed by atoms with E-state index in [0.29, 0.717) is 5.92 Å². The van der Waals surface area contributed by atoms with E-state index in [-0.39, 0.29) is 6.61 Å². The highest BCUT2D eigenvalue weighted by Gasteiger charge is 2.09. The number of nitrogens with one attached hydrogen (secondary N) is 2. The summed E-state index contributed by atoms with van der Waals surface area (Å²) in [5.74, 6) is 2.26. The van der Waals surface area contributed by atoms with Gasteiger partial charge in [0.1, 0.15) is 18.0 Å². The molecule has 1 heterocycles. The maximum atomic E-state index is 9.00. The number of anilines is 2. The van der Waals surface area contributed by atoms with Crippen LogP contribution in [0.25, 0.3) is 0 Å². The van der Waals surface area contributed by atoms with E-state index in [1.165, 1.54) is 0 Å². The van der Waals surface area contributed by atoms with Gasteiger partial charge in [-0.3, -0.25) is 0 Å². The first-order valence-corrected chi connectivity index (χ1v) is 7.13. The predicted octanol–water partition coefficient (Wildman–Crippen LogP) is 2.43. The standard InChI is InChI=1S/C14H26N4O/c1-4-7-15-13-11(3)14(18-10-17-13)16-9-12(5-2)6-8-19/h10,12,19H,4-9H2,1-3H3,(H2,15,16,17,18). The van der Waals surface area contributed by atoms with Crippen molar-refractivity contribution in [1.29, 1.82) is 0 Å². The largest absolute Gasteiger partial charge is 0.396 e. The summed E-state index contributed by atoms with van der Waals surface area (Å²) in [6, 6.07) is 0. The second-order valence-electron chi connectivity index (χ2n) is 4.79. The molecule has 3 N–H and O–H groups in total. The van der Waals surface area contributed by atoms with E-state index in [1.54, 1.807) is 6.33 Å². The van der Waals surface area contributed by atoms with E-state index < -0.39 is 0 Å². The number of aliphatic hydroxyl groups is 1. The minimum absolute atomic E-state index is 0.242. The van der Waals surface area contributed by atoms with Crippen LogP contribution < -0.4 is 10.6 Å². The van der Waals surface area contributed by atoms with Gasteiger partial charge in [-0.25, -0.2) is 9.97 Å². The average Bonchev–Trinajstić information content (AvgIpc) is 2.43. The molecule has 1 unspecified atom stereocenters. The lowest BCUT2D eigenvalue weighted by molar-refractivity contribution is 0.258. The van der Waals surface area contributed by atoms with Crippen molar-refractivity contribution in [3.63, 3.8) is 0 Å². The average molecular weight is 266 g/mol. The highest BCUT2D eigenvalue weighted by Crippen LogP contribution is 2.19.